The van der Waals surface area contributed by atoms with Gasteiger partial charge in [-0.1, -0.05) is 0 Å². The van der Waals surface area contributed by atoms with E-state index in [1.54, 1.807) is 11.8 Å². The molecule has 0 spiro atoms. The number of hydrogen-bond acceptors (Lipinski definition) is 4. The van der Waals surface area contributed by atoms with Gasteiger partial charge in [0.1, 0.15) is 12.6 Å². The van der Waals surface area contributed by atoms with Gasteiger partial charge in [-0.05, 0) is 18.4 Å². The van der Waals surface area contributed by atoms with Crippen molar-refractivity contribution in [3.05, 3.63) is 0 Å². The number of nitrogens with one attached hydrogen (secondary N) is 2. The van der Waals surface area contributed by atoms with Gasteiger partial charge in [0.15, 0.2) is 0 Å². The number of amides is 2. The minimum Gasteiger partial charge on any atom is -0.480 e. The fourth-order valence-corrected chi connectivity index (χ4v) is 1.51. The van der Waals surface area contributed by atoms with Crippen molar-refractivity contribution in [3.8, 4) is 0 Å². The molecule has 3 N–H and O–H groups in total. The van der Waals surface area contributed by atoms with Crippen LogP contribution in [0.3, 0.4) is 0 Å². The molecule has 2 amide bonds. The van der Waals surface area contributed by atoms with E-state index >= 15 is 0 Å². The zero-order valence-corrected chi connectivity index (χ0v) is 10.1. The Hall–Kier alpha value is -1.24. The first-order valence-corrected chi connectivity index (χ1v) is 6.12. The van der Waals surface area contributed by atoms with Crippen molar-refractivity contribution in [2.75, 3.05) is 18.6 Å². The van der Waals surface area contributed by atoms with E-state index in [2.05, 4.69) is 10.6 Å². The van der Waals surface area contributed by atoms with Gasteiger partial charge in [-0.3, -0.25) is 14.4 Å². The SMILES string of the molecule is CSCCC(NC(C)=O)C(=O)NCC(=O)O. The fourth-order valence-electron chi connectivity index (χ4n) is 1.04. The van der Waals surface area contributed by atoms with Gasteiger partial charge >= 0.3 is 5.97 Å². The third-order valence-corrected chi connectivity index (χ3v) is 2.36. The van der Waals surface area contributed by atoms with E-state index < -0.39 is 24.5 Å². The summed E-state index contributed by atoms with van der Waals surface area (Å²) < 4.78 is 0. The molecule has 0 radical (unpaired) electrons. The molecule has 0 aromatic heterocycles. The van der Waals surface area contributed by atoms with E-state index in [0.717, 1.165) is 0 Å². The van der Waals surface area contributed by atoms with E-state index in [4.69, 9.17) is 5.11 Å². The van der Waals surface area contributed by atoms with E-state index in [9.17, 15) is 14.4 Å². The van der Waals surface area contributed by atoms with Crippen molar-refractivity contribution in [1.29, 1.82) is 0 Å². The smallest absolute Gasteiger partial charge is 0.322 e. The second-order valence-electron chi connectivity index (χ2n) is 3.15. The van der Waals surface area contributed by atoms with Crippen LogP contribution >= 0.6 is 11.8 Å². The standard InChI is InChI=1S/C9H16N2O4S/c1-6(12)11-7(3-4-16-2)9(15)10-5-8(13)14/h7H,3-5H2,1-2H3,(H,10,15)(H,11,12)(H,13,14). The minimum absolute atomic E-state index is 0.309. The summed E-state index contributed by atoms with van der Waals surface area (Å²) in [5.41, 5.74) is 0. The molecule has 0 bridgehead atoms. The van der Waals surface area contributed by atoms with Crippen LogP contribution in [0.2, 0.25) is 0 Å². The van der Waals surface area contributed by atoms with Gasteiger partial charge in [-0.15, -0.1) is 0 Å². The van der Waals surface area contributed by atoms with Crippen molar-refractivity contribution in [2.24, 2.45) is 0 Å². The summed E-state index contributed by atoms with van der Waals surface area (Å²) in [6.45, 7) is 0.880. The first kappa shape index (κ1) is 14.8. The quantitative estimate of drug-likeness (QED) is 0.561. The maximum Gasteiger partial charge on any atom is 0.322 e. The van der Waals surface area contributed by atoms with Crippen molar-refractivity contribution in [3.63, 3.8) is 0 Å². The Balaban J connectivity index is 4.19. The number of carboxylic acid groups (broad SMARTS) is 1. The molecule has 7 heteroatoms. The Morgan fingerprint density at radius 3 is 2.44 bits per heavy atom. The zero-order chi connectivity index (χ0) is 12.6. The summed E-state index contributed by atoms with van der Waals surface area (Å²) in [6, 6.07) is -0.663. The van der Waals surface area contributed by atoms with E-state index in [1.165, 1.54) is 6.92 Å². The highest BCUT2D eigenvalue weighted by atomic mass is 32.2. The van der Waals surface area contributed by atoms with Crippen molar-refractivity contribution >= 4 is 29.5 Å². The molecule has 6 nitrogen and oxygen atoms in total. The summed E-state index contributed by atoms with van der Waals surface area (Å²) in [4.78, 5) is 32.6. The lowest BCUT2D eigenvalue weighted by atomic mass is 10.2. The Kier molecular flexibility index (Phi) is 7.36. The molecule has 1 unspecified atom stereocenters. The molecule has 16 heavy (non-hydrogen) atoms. The summed E-state index contributed by atoms with van der Waals surface area (Å²) in [7, 11) is 0. The predicted octanol–water partition coefficient (Wildman–Crippen LogP) is -0.555. The van der Waals surface area contributed by atoms with Crippen molar-refractivity contribution in [1.82, 2.24) is 10.6 Å². The Labute approximate surface area is 98.2 Å². The van der Waals surface area contributed by atoms with Gasteiger partial charge in [-0.25, -0.2) is 0 Å². The van der Waals surface area contributed by atoms with Crippen LogP contribution in [0.5, 0.6) is 0 Å². The molecule has 0 heterocycles. The van der Waals surface area contributed by atoms with Crippen LogP contribution in [0.15, 0.2) is 0 Å². The monoisotopic (exact) mass is 248 g/mol. The fraction of sp³-hybridized carbons (Fsp3) is 0.667. The Bertz CT molecular complexity index is 270. The first-order chi connectivity index (χ1) is 7.47. The number of rotatable bonds is 7. The van der Waals surface area contributed by atoms with E-state index in [0.29, 0.717) is 12.2 Å². The molecule has 1 atom stereocenters. The van der Waals surface area contributed by atoms with Crippen molar-refractivity contribution < 1.29 is 19.5 Å². The molecule has 0 aliphatic heterocycles. The Morgan fingerprint density at radius 2 is 2.00 bits per heavy atom. The maximum absolute atomic E-state index is 11.5. The van der Waals surface area contributed by atoms with Gasteiger partial charge in [-0.2, -0.15) is 11.8 Å². The van der Waals surface area contributed by atoms with E-state index in [-0.39, 0.29) is 5.91 Å². The number of thioether (sulfide) groups is 1. The molecule has 0 aliphatic carbocycles. The summed E-state index contributed by atoms with van der Waals surface area (Å²) in [5.74, 6) is -1.17. The molecule has 0 rings (SSSR count). The third kappa shape index (κ3) is 7.10. The molecular weight excluding hydrogens is 232 g/mol. The van der Waals surface area contributed by atoms with Gasteiger partial charge < -0.3 is 15.7 Å². The molecule has 0 fully saturated rings. The van der Waals surface area contributed by atoms with Crippen LogP contribution < -0.4 is 10.6 Å². The van der Waals surface area contributed by atoms with Crippen LogP contribution in [0, 0.1) is 0 Å². The summed E-state index contributed by atoms with van der Waals surface area (Å²) in [6.07, 6.45) is 2.37. The minimum atomic E-state index is -1.11. The molecule has 0 saturated heterocycles. The van der Waals surface area contributed by atoms with Crippen LogP contribution in [0.25, 0.3) is 0 Å². The number of carbonyl (C=O) groups is 3. The van der Waals surface area contributed by atoms with Crippen LogP contribution in [0.4, 0.5) is 0 Å². The van der Waals surface area contributed by atoms with Crippen molar-refractivity contribution in [2.45, 2.75) is 19.4 Å². The lowest BCUT2D eigenvalue weighted by molar-refractivity contribution is -0.138. The van der Waals surface area contributed by atoms with E-state index in [1.807, 2.05) is 6.26 Å². The number of carbonyl (C=O) groups excluding carboxylic acids is 2. The van der Waals surface area contributed by atoms with Crippen LogP contribution in [0.1, 0.15) is 13.3 Å². The highest BCUT2D eigenvalue weighted by Crippen LogP contribution is 2.00. The zero-order valence-electron chi connectivity index (χ0n) is 9.28. The van der Waals surface area contributed by atoms with Gasteiger partial charge in [0, 0.05) is 6.92 Å². The normalized spacial score (nSPS) is 11.6. The number of aliphatic carboxylic acids is 1. The second-order valence-corrected chi connectivity index (χ2v) is 4.13. The summed E-state index contributed by atoms with van der Waals surface area (Å²) in [5, 5.41) is 13.1. The third-order valence-electron chi connectivity index (χ3n) is 1.72. The predicted molar refractivity (Wildman–Crippen MR) is 61.2 cm³/mol. The number of hydrogen-bond donors (Lipinski definition) is 3. The molecule has 0 aromatic rings. The molecule has 92 valence electrons. The van der Waals surface area contributed by atoms with Gasteiger partial charge in [0.05, 0.1) is 0 Å². The summed E-state index contributed by atoms with van der Waals surface area (Å²) >= 11 is 1.55. The molecule has 0 aliphatic rings. The maximum atomic E-state index is 11.5. The van der Waals surface area contributed by atoms with Gasteiger partial charge in [0.2, 0.25) is 11.8 Å². The lowest BCUT2D eigenvalue weighted by Crippen LogP contribution is -2.47. The molecular formula is C9H16N2O4S. The second kappa shape index (κ2) is 7.98. The average molecular weight is 248 g/mol. The highest BCUT2D eigenvalue weighted by Gasteiger charge is 2.18. The van der Waals surface area contributed by atoms with Gasteiger partial charge in [0.25, 0.3) is 0 Å². The lowest BCUT2D eigenvalue weighted by Gasteiger charge is -2.16. The Morgan fingerprint density at radius 1 is 1.38 bits per heavy atom. The first-order valence-electron chi connectivity index (χ1n) is 4.73. The largest absolute Gasteiger partial charge is 0.480 e. The number of carboxylic acids is 1. The topological polar surface area (TPSA) is 95.5 Å². The van der Waals surface area contributed by atoms with Crippen LogP contribution in [-0.2, 0) is 14.4 Å². The molecule has 0 aromatic carbocycles. The molecule has 0 saturated carbocycles. The highest BCUT2D eigenvalue weighted by molar-refractivity contribution is 7.98. The average Bonchev–Trinajstić information content (AvgIpc) is 2.20. The van der Waals surface area contributed by atoms with Crippen LogP contribution in [-0.4, -0.2) is 47.5 Å².